The van der Waals surface area contributed by atoms with Gasteiger partial charge >= 0.3 is 0 Å². The van der Waals surface area contributed by atoms with Gasteiger partial charge < -0.3 is 15.3 Å². The van der Waals surface area contributed by atoms with Crippen LogP contribution in [0.15, 0.2) is 54.6 Å². The maximum absolute atomic E-state index is 12.2. The summed E-state index contributed by atoms with van der Waals surface area (Å²) in [6.07, 6.45) is 0.989. The van der Waals surface area contributed by atoms with Gasteiger partial charge in [-0.2, -0.15) is 0 Å². The van der Waals surface area contributed by atoms with E-state index in [1.807, 2.05) is 68.7 Å². The lowest BCUT2D eigenvalue weighted by molar-refractivity contribution is -0.120. The lowest BCUT2D eigenvalue weighted by Gasteiger charge is -2.23. The van der Waals surface area contributed by atoms with Gasteiger partial charge in [-0.25, -0.2) is 0 Å². The summed E-state index contributed by atoms with van der Waals surface area (Å²) in [6, 6.07) is 17.1. The molecule has 2 aromatic rings. The van der Waals surface area contributed by atoms with E-state index in [1.54, 1.807) is 6.92 Å². The van der Waals surface area contributed by atoms with Gasteiger partial charge in [0.05, 0.1) is 12.0 Å². The second-order valence-corrected chi connectivity index (χ2v) is 6.62. The molecule has 128 valence electrons. The molecule has 0 aliphatic carbocycles. The number of anilines is 1. The molecule has 0 saturated carbocycles. The Labute approximate surface area is 144 Å². The van der Waals surface area contributed by atoms with Crippen molar-refractivity contribution in [3.8, 4) is 0 Å². The molecular formula is C20H26N2O2. The zero-order chi connectivity index (χ0) is 17.6. The highest BCUT2D eigenvalue weighted by molar-refractivity contribution is 5.91. The van der Waals surface area contributed by atoms with Crippen molar-refractivity contribution in [2.24, 2.45) is 0 Å². The normalized spacial score (nSPS) is 13.5. The third kappa shape index (κ3) is 5.48. The van der Waals surface area contributed by atoms with Gasteiger partial charge in [0.25, 0.3) is 0 Å². The fourth-order valence-corrected chi connectivity index (χ4v) is 2.52. The average molecular weight is 326 g/mol. The van der Waals surface area contributed by atoms with Crippen molar-refractivity contribution >= 4 is 11.6 Å². The van der Waals surface area contributed by atoms with E-state index in [9.17, 15) is 9.90 Å². The van der Waals surface area contributed by atoms with E-state index in [2.05, 4.69) is 10.2 Å². The van der Waals surface area contributed by atoms with Crippen LogP contribution in [0.1, 0.15) is 24.5 Å². The summed E-state index contributed by atoms with van der Waals surface area (Å²) in [5.41, 5.74) is 1.53. The van der Waals surface area contributed by atoms with Crippen LogP contribution in [0.4, 0.5) is 5.69 Å². The molecule has 4 heteroatoms. The molecule has 2 N–H and O–H groups in total. The standard InChI is InChI=1S/C20H26N2O2/c1-20(24,17-7-5-4-6-8-17)15-19(23)21-18-11-9-16(10-12-18)13-14-22(2)3/h4-12,24H,13-15H2,1-3H3,(H,21,23). The summed E-state index contributed by atoms with van der Waals surface area (Å²) < 4.78 is 0. The minimum absolute atomic E-state index is 0.0133. The first kappa shape index (κ1) is 18.2. The molecule has 0 aliphatic heterocycles. The number of carbonyl (C=O) groups is 1. The van der Waals surface area contributed by atoms with Crippen LogP contribution in [0.25, 0.3) is 0 Å². The summed E-state index contributed by atoms with van der Waals surface area (Å²) in [5, 5.41) is 13.4. The van der Waals surface area contributed by atoms with E-state index in [-0.39, 0.29) is 12.3 Å². The SMILES string of the molecule is CN(C)CCc1ccc(NC(=O)CC(C)(O)c2ccccc2)cc1. The Bertz CT molecular complexity index is 649. The molecule has 0 heterocycles. The number of likely N-dealkylation sites (N-methyl/N-ethyl adjacent to an activating group) is 1. The van der Waals surface area contributed by atoms with Gasteiger partial charge in [0.15, 0.2) is 0 Å². The van der Waals surface area contributed by atoms with E-state index in [0.717, 1.165) is 24.2 Å². The molecule has 0 fully saturated rings. The smallest absolute Gasteiger partial charge is 0.227 e. The summed E-state index contributed by atoms with van der Waals surface area (Å²) in [6.45, 7) is 2.65. The number of rotatable bonds is 7. The van der Waals surface area contributed by atoms with Crippen LogP contribution in [0, 0.1) is 0 Å². The van der Waals surface area contributed by atoms with E-state index >= 15 is 0 Å². The third-order valence-electron chi connectivity index (χ3n) is 3.99. The quantitative estimate of drug-likeness (QED) is 0.822. The van der Waals surface area contributed by atoms with Crippen LogP contribution < -0.4 is 5.32 Å². The van der Waals surface area contributed by atoms with Crippen molar-refractivity contribution in [2.45, 2.75) is 25.4 Å². The number of aliphatic hydroxyl groups is 1. The number of amides is 1. The van der Waals surface area contributed by atoms with Crippen LogP contribution in [0.2, 0.25) is 0 Å². The Morgan fingerprint density at radius 3 is 2.29 bits per heavy atom. The number of nitrogens with zero attached hydrogens (tertiary/aromatic N) is 1. The number of hydrogen-bond donors (Lipinski definition) is 2. The van der Waals surface area contributed by atoms with Crippen molar-refractivity contribution in [3.05, 3.63) is 65.7 Å². The maximum Gasteiger partial charge on any atom is 0.227 e. The predicted octanol–water partition coefficient (Wildman–Crippen LogP) is 3.03. The third-order valence-corrected chi connectivity index (χ3v) is 3.99. The Morgan fingerprint density at radius 1 is 1.08 bits per heavy atom. The van der Waals surface area contributed by atoms with Gasteiger partial charge in [0, 0.05) is 12.2 Å². The summed E-state index contributed by atoms with van der Waals surface area (Å²) >= 11 is 0. The Morgan fingerprint density at radius 2 is 1.71 bits per heavy atom. The zero-order valence-corrected chi connectivity index (χ0v) is 14.6. The molecular weight excluding hydrogens is 300 g/mol. The topological polar surface area (TPSA) is 52.6 Å². The van der Waals surface area contributed by atoms with Crippen molar-refractivity contribution in [1.29, 1.82) is 0 Å². The lowest BCUT2D eigenvalue weighted by Crippen LogP contribution is -2.28. The number of carbonyl (C=O) groups excluding carboxylic acids is 1. The van der Waals surface area contributed by atoms with E-state index in [4.69, 9.17) is 0 Å². The van der Waals surface area contributed by atoms with Crippen molar-refractivity contribution < 1.29 is 9.90 Å². The Balaban J connectivity index is 1.92. The molecule has 0 aliphatic rings. The van der Waals surface area contributed by atoms with Gasteiger partial charge in [0.2, 0.25) is 5.91 Å². The van der Waals surface area contributed by atoms with E-state index in [0.29, 0.717) is 0 Å². The van der Waals surface area contributed by atoms with Gasteiger partial charge in [-0.1, -0.05) is 42.5 Å². The average Bonchev–Trinajstić information content (AvgIpc) is 2.54. The second kappa shape index (κ2) is 8.08. The largest absolute Gasteiger partial charge is 0.385 e. The van der Waals surface area contributed by atoms with Crippen LogP contribution >= 0.6 is 0 Å². The summed E-state index contributed by atoms with van der Waals surface area (Å²) in [4.78, 5) is 14.4. The number of nitrogens with one attached hydrogen (secondary N) is 1. The molecule has 0 saturated heterocycles. The first-order valence-electron chi connectivity index (χ1n) is 8.18. The fraction of sp³-hybridized carbons (Fsp3) is 0.350. The zero-order valence-electron chi connectivity index (χ0n) is 14.6. The highest BCUT2D eigenvalue weighted by atomic mass is 16.3. The van der Waals surface area contributed by atoms with Gasteiger partial charge in [-0.3, -0.25) is 4.79 Å². The molecule has 0 bridgehead atoms. The van der Waals surface area contributed by atoms with Gasteiger partial charge in [-0.15, -0.1) is 0 Å². The molecule has 2 aromatic carbocycles. The molecule has 1 atom stereocenters. The van der Waals surface area contributed by atoms with E-state index in [1.165, 1.54) is 5.56 Å². The summed E-state index contributed by atoms with van der Waals surface area (Å²) in [5.74, 6) is -0.204. The highest BCUT2D eigenvalue weighted by Gasteiger charge is 2.26. The number of benzene rings is 2. The van der Waals surface area contributed by atoms with Gasteiger partial charge in [-0.05, 0) is 50.7 Å². The molecule has 1 unspecified atom stereocenters. The monoisotopic (exact) mass is 326 g/mol. The van der Waals surface area contributed by atoms with Crippen molar-refractivity contribution in [1.82, 2.24) is 4.90 Å². The first-order chi connectivity index (χ1) is 11.4. The minimum atomic E-state index is -1.18. The number of hydrogen-bond acceptors (Lipinski definition) is 3. The molecule has 4 nitrogen and oxygen atoms in total. The molecule has 0 aromatic heterocycles. The predicted molar refractivity (Wildman–Crippen MR) is 98.0 cm³/mol. The van der Waals surface area contributed by atoms with Crippen molar-refractivity contribution in [2.75, 3.05) is 26.0 Å². The van der Waals surface area contributed by atoms with Crippen LogP contribution in [-0.4, -0.2) is 36.6 Å². The molecule has 0 spiro atoms. The highest BCUT2D eigenvalue weighted by Crippen LogP contribution is 2.24. The maximum atomic E-state index is 12.2. The summed E-state index contributed by atoms with van der Waals surface area (Å²) in [7, 11) is 4.10. The minimum Gasteiger partial charge on any atom is -0.385 e. The fourth-order valence-electron chi connectivity index (χ4n) is 2.52. The van der Waals surface area contributed by atoms with Crippen LogP contribution in [0.5, 0.6) is 0 Å². The van der Waals surface area contributed by atoms with Crippen molar-refractivity contribution in [3.63, 3.8) is 0 Å². The van der Waals surface area contributed by atoms with Crippen LogP contribution in [0.3, 0.4) is 0 Å². The van der Waals surface area contributed by atoms with Crippen LogP contribution in [-0.2, 0) is 16.8 Å². The molecule has 24 heavy (non-hydrogen) atoms. The Kier molecular flexibility index (Phi) is 6.12. The Hall–Kier alpha value is -2.17. The molecule has 1 amide bonds. The lowest BCUT2D eigenvalue weighted by atomic mass is 9.92. The molecule has 0 radical (unpaired) electrons. The first-order valence-corrected chi connectivity index (χ1v) is 8.18. The molecule has 2 rings (SSSR count). The van der Waals surface area contributed by atoms with E-state index < -0.39 is 5.60 Å². The van der Waals surface area contributed by atoms with Gasteiger partial charge in [0.1, 0.15) is 0 Å². The second-order valence-electron chi connectivity index (χ2n) is 6.62.